The van der Waals surface area contributed by atoms with Gasteiger partial charge in [0.05, 0.1) is 6.33 Å². The second kappa shape index (κ2) is 8.51. The first-order chi connectivity index (χ1) is 14.4. The first-order valence-electron chi connectivity index (χ1n) is 10.7. The quantitative estimate of drug-likeness (QED) is 0.493. The van der Waals surface area contributed by atoms with Crippen molar-refractivity contribution in [1.82, 2.24) is 14.1 Å². The van der Waals surface area contributed by atoms with Gasteiger partial charge in [-0.15, -0.1) is 0 Å². The van der Waals surface area contributed by atoms with Gasteiger partial charge in [-0.05, 0) is 61.2 Å². The Balaban J connectivity index is 1.80. The number of hydrogen-bond donors (Lipinski definition) is 2. The normalized spacial score (nSPS) is 13.6. The van der Waals surface area contributed by atoms with E-state index in [-0.39, 0.29) is 22.7 Å². The molecule has 3 rings (SSSR count). The molecule has 31 heavy (non-hydrogen) atoms. The van der Waals surface area contributed by atoms with Crippen LogP contribution in [0.5, 0.6) is 5.75 Å². The Morgan fingerprint density at radius 1 is 1.29 bits per heavy atom. The van der Waals surface area contributed by atoms with Crippen LogP contribution < -0.4 is 5.73 Å². The highest BCUT2D eigenvalue weighted by molar-refractivity contribution is 6.74. The van der Waals surface area contributed by atoms with Crippen LogP contribution in [-0.2, 0) is 17.9 Å². The van der Waals surface area contributed by atoms with Crippen molar-refractivity contribution >= 4 is 25.1 Å². The average Bonchev–Trinajstić information content (AvgIpc) is 3.25. The number of phenolic OH excluding ortho intramolecular Hbond substituents is 1. The average molecular weight is 443 g/mol. The minimum atomic E-state index is -2.05. The molecule has 1 atom stereocenters. The number of aromatic hydroxyl groups is 1. The van der Waals surface area contributed by atoms with E-state index in [1.165, 1.54) is 5.56 Å². The molecular weight excluding hydrogens is 408 g/mol. The number of benzene rings is 1. The number of amides is 1. The third kappa shape index (κ3) is 5.02. The molecule has 0 bridgehead atoms. The number of aromatic nitrogens is 3. The van der Waals surface area contributed by atoms with Crippen molar-refractivity contribution in [3.63, 3.8) is 0 Å². The Bertz CT molecular complexity index is 1080. The first-order valence-corrected chi connectivity index (χ1v) is 13.6. The van der Waals surface area contributed by atoms with Crippen molar-refractivity contribution in [2.75, 3.05) is 0 Å². The van der Waals surface area contributed by atoms with Gasteiger partial charge in [0, 0.05) is 30.3 Å². The van der Waals surface area contributed by atoms with E-state index in [0.29, 0.717) is 0 Å². The molecule has 3 aromatic rings. The fourth-order valence-corrected chi connectivity index (χ4v) is 4.81. The van der Waals surface area contributed by atoms with E-state index in [9.17, 15) is 9.90 Å². The maximum atomic E-state index is 11.5. The van der Waals surface area contributed by atoms with Crippen LogP contribution >= 0.6 is 0 Å². The van der Waals surface area contributed by atoms with Crippen LogP contribution in [0.3, 0.4) is 0 Å². The minimum absolute atomic E-state index is 0.0610. The van der Waals surface area contributed by atoms with Gasteiger partial charge in [-0.25, -0.2) is 4.98 Å². The lowest BCUT2D eigenvalue weighted by Gasteiger charge is -2.39. The second-order valence-corrected chi connectivity index (χ2v) is 14.5. The maximum absolute atomic E-state index is 11.5. The zero-order chi connectivity index (χ0) is 23.0. The van der Waals surface area contributed by atoms with Crippen molar-refractivity contribution in [3.8, 4) is 5.75 Å². The van der Waals surface area contributed by atoms with Crippen LogP contribution in [0, 0.1) is 0 Å². The molecule has 1 aromatic carbocycles. The lowest BCUT2D eigenvalue weighted by Crippen LogP contribution is -2.42. The van der Waals surface area contributed by atoms with Crippen LogP contribution in [0.2, 0.25) is 18.1 Å². The standard InChI is InChI=1S/C23H34N4O3Si/c1-23(2,3)31(5,6)30-21(27-14-19(22(24)29)25-15-27)9-7-8-16-13-26(4)20-11-10-17(28)12-18(16)20/h10-15,21,28H,7-9H2,1-6H3,(H2,24,29)/t21-/m1/s1. The van der Waals surface area contributed by atoms with E-state index in [1.54, 1.807) is 18.6 Å². The van der Waals surface area contributed by atoms with Gasteiger partial charge < -0.3 is 24.4 Å². The molecule has 0 aliphatic rings. The summed E-state index contributed by atoms with van der Waals surface area (Å²) >= 11 is 0. The van der Waals surface area contributed by atoms with Crippen molar-refractivity contribution in [3.05, 3.63) is 48.2 Å². The number of hydrogen-bond acceptors (Lipinski definition) is 4. The summed E-state index contributed by atoms with van der Waals surface area (Å²) in [6.45, 7) is 11.1. The van der Waals surface area contributed by atoms with Crippen LogP contribution in [-0.4, -0.2) is 33.4 Å². The zero-order valence-electron chi connectivity index (χ0n) is 19.3. The molecular formula is C23H34N4O3Si. The lowest BCUT2D eigenvalue weighted by molar-refractivity contribution is 0.0988. The third-order valence-electron chi connectivity index (χ3n) is 6.38. The fourth-order valence-electron chi connectivity index (χ4n) is 3.54. The van der Waals surface area contributed by atoms with E-state index in [0.717, 1.165) is 30.2 Å². The van der Waals surface area contributed by atoms with Gasteiger partial charge in [0.1, 0.15) is 17.7 Å². The molecule has 3 N–H and O–H groups in total. The van der Waals surface area contributed by atoms with E-state index in [1.807, 2.05) is 23.7 Å². The van der Waals surface area contributed by atoms with Crippen molar-refractivity contribution in [2.45, 2.75) is 64.4 Å². The topological polar surface area (TPSA) is 95.3 Å². The van der Waals surface area contributed by atoms with Gasteiger partial charge in [-0.2, -0.15) is 0 Å². The number of carbonyl (C=O) groups excluding carboxylic acids is 1. The summed E-state index contributed by atoms with van der Waals surface area (Å²) in [6, 6.07) is 5.47. The van der Waals surface area contributed by atoms with Gasteiger partial charge in [0.15, 0.2) is 8.32 Å². The number of fused-ring (bicyclic) bond motifs is 1. The molecule has 2 heterocycles. The van der Waals surface area contributed by atoms with Gasteiger partial charge in [0.25, 0.3) is 5.91 Å². The molecule has 0 fully saturated rings. The highest BCUT2D eigenvalue weighted by Crippen LogP contribution is 2.39. The second-order valence-electron chi connectivity index (χ2n) is 9.76. The predicted octanol–water partition coefficient (Wildman–Crippen LogP) is 4.72. The van der Waals surface area contributed by atoms with E-state index < -0.39 is 14.2 Å². The Hall–Kier alpha value is -2.58. The summed E-state index contributed by atoms with van der Waals surface area (Å²) in [6.07, 6.45) is 7.73. The Morgan fingerprint density at radius 3 is 2.61 bits per heavy atom. The fraction of sp³-hybridized carbons (Fsp3) is 0.478. The summed E-state index contributed by atoms with van der Waals surface area (Å²) < 4.78 is 10.7. The van der Waals surface area contributed by atoms with Crippen LogP contribution in [0.15, 0.2) is 36.9 Å². The number of aryl methyl sites for hydroxylation is 2. The van der Waals surface area contributed by atoms with Crippen molar-refractivity contribution in [2.24, 2.45) is 12.8 Å². The zero-order valence-corrected chi connectivity index (χ0v) is 20.3. The monoisotopic (exact) mass is 442 g/mol. The SMILES string of the molecule is Cn1cc(CCC[C@@H](O[Si](C)(C)C(C)(C)C)n2cnc(C(N)=O)c2)c2cc(O)ccc21. The third-order valence-corrected chi connectivity index (χ3v) is 10.8. The van der Waals surface area contributed by atoms with Gasteiger partial charge in [0.2, 0.25) is 0 Å². The summed E-state index contributed by atoms with van der Waals surface area (Å²) in [5.41, 5.74) is 7.94. The van der Waals surface area contributed by atoms with Crippen molar-refractivity contribution in [1.29, 1.82) is 0 Å². The summed E-state index contributed by atoms with van der Waals surface area (Å²) in [4.78, 5) is 15.7. The number of imidazole rings is 1. The Labute approximate surface area is 185 Å². The highest BCUT2D eigenvalue weighted by atomic mass is 28.4. The molecule has 0 spiro atoms. The number of rotatable bonds is 8. The minimum Gasteiger partial charge on any atom is -0.508 e. The van der Waals surface area contributed by atoms with Crippen LogP contribution in [0.4, 0.5) is 0 Å². The van der Waals surface area contributed by atoms with Gasteiger partial charge in [-0.3, -0.25) is 4.79 Å². The smallest absolute Gasteiger partial charge is 0.268 e. The number of nitrogens with zero attached hydrogens (tertiary/aromatic N) is 3. The van der Waals surface area contributed by atoms with E-state index >= 15 is 0 Å². The van der Waals surface area contributed by atoms with Crippen molar-refractivity contribution < 1.29 is 14.3 Å². The molecule has 7 nitrogen and oxygen atoms in total. The maximum Gasteiger partial charge on any atom is 0.268 e. The predicted molar refractivity (Wildman–Crippen MR) is 126 cm³/mol. The number of phenols is 1. The molecule has 0 unspecified atom stereocenters. The van der Waals surface area contributed by atoms with Gasteiger partial charge in [-0.1, -0.05) is 20.8 Å². The molecule has 0 aliphatic carbocycles. The largest absolute Gasteiger partial charge is 0.508 e. The molecule has 2 aromatic heterocycles. The molecule has 1 amide bonds. The number of primary amides is 1. The molecule has 0 saturated carbocycles. The van der Waals surface area contributed by atoms with E-state index in [4.69, 9.17) is 10.2 Å². The number of nitrogens with two attached hydrogens (primary N) is 1. The molecule has 8 heteroatoms. The number of carbonyl (C=O) groups is 1. The molecule has 0 radical (unpaired) electrons. The van der Waals surface area contributed by atoms with Crippen LogP contribution in [0.1, 0.15) is 55.9 Å². The molecule has 168 valence electrons. The first kappa shape index (κ1) is 23.1. The highest BCUT2D eigenvalue weighted by Gasteiger charge is 2.39. The summed E-state index contributed by atoms with van der Waals surface area (Å²) in [5, 5.41) is 11.0. The Morgan fingerprint density at radius 2 is 2.00 bits per heavy atom. The lowest BCUT2D eigenvalue weighted by atomic mass is 10.1. The summed E-state index contributed by atoms with van der Waals surface area (Å²) in [7, 11) is -0.0300. The van der Waals surface area contributed by atoms with E-state index in [2.05, 4.69) is 49.6 Å². The molecule has 0 aliphatic heterocycles. The van der Waals surface area contributed by atoms with Gasteiger partial charge >= 0.3 is 0 Å². The Kier molecular flexibility index (Phi) is 6.34. The summed E-state index contributed by atoms with van der Waals surface area (Å²) in [5.74, 6) is -0.267. The van der Waals surface area contributed by atoms with Crippen LogP contribution in [0.25, 0.3) is 10.9 Å². The molecule has 0 saturated heterocycles.